The number of fused-ring (bicyclic) bond motifs is 1. The molecule has 1 amide bonds. The summed E-state index contributed by atoms with van der Waals surface area (Å²) in [5.41, 5.74) is 3.47. The van der Waals surface area contributed by atoms with Crippen molar-refractivity contribution in [2.24, 2.45) is 0 Å². The van der Waals surface area contributed by atoms with E-state index in [1.54, 1.807) is 24.5 Å². The van der Waals surface area contributed by atoms with Gasteiger partial charge in [-0.1, -0.05) is 5.16 Å². The van der Waals surface area contributed by atoms with E-state index >= 15 is 0 Å². The van der Waals surface area contributed by atoms with Crippen LogP contribution in [0.3, 0.4) is 0 Å². The topological polar surface area (TPSA) is 84.2 Å². The monoisotopic (exact) mass is 447 g/mol. The Hall–Kier alpha value is -3.10. The average molecular weight is 448 g/mol. The molecule has 0 unspecified atom stereocenters. The number of benzene rings is 1. The summed E-state index contributed by atoms with van der Waals surface area (Å²) in [6.45, 7) is 7.55. The molecule has 1 fully saturated rings. The molecule has 7 nitrogen and oxygen atoms in total. The van der Waals surface area contributed by atoms with Gasteiger partial charge in [-0.2, -0.15) is 4.98 Å². The number of thiophene rings is 1. The number of nitrogens with zero attached hydrogens (tertiary/aromatic N) is 4. The lowest BCUT2D eigenvalue weighted by Crippen LogP contribution is -2.49. The van der Waals surface area contributed by atoms with Gasteiger partial charge in [-0.25, -0.2) is 4.98 Å². The molecule has 3 aromatic heterocycles. The first kappa shape index (κ1) is 20.8. The predicted molar refractivity (Wildman–Crippen MR) is 126 cm³/mol. The maximum atomic E-state index is 14.0. The summed E-state index contributed by atoms with van der Waals surface area (Å²) in [6.07, 6.45) is 3.78. The normalized spacial score (nSPS) is 16.4. The Balaban J connectivity index is 1.59. The molecule has 32 heavy (non-hydrogen) atoms. The number of rotatable bonds is 4. The van der Waals surface area contributed by atoms with Gasteiger partial charge in [-0.05, 0) is 80.9 Å². The molecule has 1 atom stereocenters. The van der Waals surface area contributed by atoms with Crippen LogP contribution in [0.5, 0.6) is 0 Å². The lowest BCUT2D eigenvalue weighted by atomic mass is 10.00. The molecule has 5 rings (SSSR count). The van der Waals surface area contributed by atoms with Crippen LogP contribution in [0.15, 0.2) is 40.4 Å². The number of piperidine rings is 1. The van der Waals surface area contributed by atoms with E-state index < -0.39 is 0 Å². The number of nitrogens with one attached hydrogen (secondary N) is 1. The predicted octanol–water partition coefficient (Wildman–Crippen LogP) is 4.67. The quantitative estimate of drug-likeness (QED) is 0.489. The number of hydrogen-bond acceptors (Lipinski definition) is 7. The second kappa shape index (κ2) is 8.44. The number of amides is 1. The van der Waals surface area contributed by atoms with Gasteiger partial charge in [0.1, 0.15) is 5.82 Å². The van der Waals surface area contributed by atoms with Gasteiger partial charge >= 0.3 is 0 Å². The van der Waals surface area contributed by atoms with Crippen molar-refractivity contribution >= 4 is 33.1 Å². The number of aromatic nitrogens is 3. The van der Waals surface area contributed by atoms with Crippen LogP contribution in [-0.2, 0) is 0 Å². The van der Waals surface area contributed by atoms with Crippen LogP contribution in [0, 0.1) is 20.8 Å². The van der Waals surface area contributed by atoms with Crippen molar-refractivity contribution in [3.63, 3.8) is 0 Å². The van der Waals surface area contributed by atoms with E-state index in [1.165, 1.54) is 0 Å². The lowest BCUT2D eigenvalue weighted by molar-refractivity contribution is 0.0971. The van der Waals surface area contributed by atoms with Crippen LogP contribution in [-0.4, -0.2) is 40.2 Å². The fourth-order valence-electron chi connectivity index (χ4n) is 4.37. The summed E-state index contributed by atoms with van der Waals surface area (Å²) in [7, 11) is 0. The Bertz CT molecular complexity index is 1290. The van der Waals surface area contributed by atoms with Gasteiger partial charge in [0.05, 0.1) is 6.04 Å². The highest BCUT2D eigenvalue weighted by atomic mass is 32.1. The van der Waals surface area contributed by atoms with Crippen molar-refractivity contribution in [2.75, 3.05) is 18.0 Å². The molecule has 1 N–H and O–H groups in total. The van der Waals surface area contributed by atoms with Crippen molar-refractivity contribution < 1.29 is 9.32 Å². The molecule has 8 heteroatoms. The first-order valence-corrected chi connectivity index (χ1v) is 11.7. The van der Waals surface area contributed by atoms with E-state index in [1.807, 2.05) is 36.1 Å². The summed E-state index contributed by atoms with van der Waals surface area (Å²) >= 11 is 1.69. The molecule has 0 radical (unpaired) electrons. The van der Waals surface area contributed by atoms with E-state index in [9.17, 15) is 4.79 Å². The number of carbonyl (C=O) groups excluding carboxylic acids is 1. The third-order valence-corrected chi connectivity index (χ3v) is 7.03. The van der Waals surface area contributed by atoms with Crippen molar-refractivity contribution in [2.45, 2.75) is 39.7 Å². The zero-order valence-corrected chi connectivity index (χ0v) is 19.2. The minimum atomic E-state index is -0.0324. The zero-order valence-electron chi connectivity index (χ0n) is 18.4. The van der Waals surface area contributed by atoms with Gasteiger partial charge in [0.15, 0.2) is 5.82 Å². The lowest BCUT2D eigenvalue weighted by Gasteiger charge is -2.35. The molecule has 4 aromatic rings. The van der Waals surface area contributed by atoms with Crippen molar-refractivity contribution in [3.05, 3.63) is 58.4 Å². The maximum absolute atomic E-state index is 14.0. The van der Waals surface area contributed by atoms with Crippen molar-refractivity contribution in [1.29, 1.82) is 0 Å². The Kier molecular flexibility index (Phi) is 5.48. The van der Waals surface area contributed by atoms with Crippen molar-refractivity contribution in [1.82, 2.24) is 20.4 Å². The molecule has 1 aliphatic heterocycles. The third-order valence-electron chi connectivity index (χ3n) is 5.96. The zero-order chi connectivity index (χ0) is 22.2. The number of aryl methyl sites for hydroxylation is 3. The number of carbonyl (C=O) groups is 1. The highest BCUT2D eigenvalue weighted by Crippen LogP contribution is 2.35. The van der Waals surface area contributed by atoms with Gasteiger partial charge in [0.2, 0.25) is 0 Å². The minimum absolute atomic E-state index is 0.0324. The highest BCUT2D eigenvalue weighted by molar-refractivity contribution is 7.17. The first-order chi connectivity index (χ1) is 15.5. The number of hydrogen-bond donors (Lipinski definition) is 1. The number of anilines is 1. The molecule has 1 aliphatic rings. The molecule has 164 valence electrons. The Morgan fingerprint density at radius 3 is 2.81 bits per heavy atom. The fraction of sp³-hybridized carbons (Fsp3) is 0.333. The molecule has 0 bridgehead atoms. The van der Waals surface area contributed by atoms with E-state index in [2.05, 4.69) is 27.8 Å². The smallest absolute Gasteiger partial charge is 0.260 e. The Morgan fingerprint density at radius 1 is 1.22 bits per heavy atom. The second-order valence-electron chi connectivity index (χ2n) is 8.28. The molecule has 0 aliphatic carbocycles. The van der Waals surface area contributed by atoms with Crippen LogP contribution in [0.4, 0.5) is 5.82 Å². The number of pyridine rings is 1. The molecule has 1 saturated heterocycles. The molecular formula is C24H25N5O2S. The SMILES string of the molecule is Cc1noc(-c2ccc(C(=O)N(c3nccc4scc(C)c34)[C@@H]3CCCNC3)c(C)c2)n1. The average Bonchev–Trinajstić information content (AvgIpc) is 3.41. The third kappa shape index (κ3) is 3.69. The van der Waals surface area contributed by atoms with E-state index in [-0.39, 0.29) is 11.9 Å². The van der Waals surface area contributed by atoms with Crippen LogP contribution >= 0.6 is 11.3 Å². The standard InChI is InChI=1S/C24H25N5O2S/c1-14-11-17(23-27-16(3)28-31-23)6-7-19(14)24(30)29(18-5-4-9-25-12-18)22-21-15(2)13-32-20(21)8-10-26-22/h6-8,10-11,13,18,25H,4-5,9,12H2,1-3H3/t18-/m1/s1. The van der Waals surface area contributed by atoms with Crippen LogP contribution in [0.2, 0.25) is 0 Å². The van der Waals surface area contributed by atoms with Gasteiger partial charge in [0.25, 0.3) is 11.8 Å². The summed E-state index contributed by atoms with van der Waals surface area (Å²) in [4.78, 5) is 24.9. The maximum Gasteiger partial charge on any atom is 0.260 e. The molecule has 4 heterocycles. The van der Waals surface area contributed by atoms with Crippen molar-refractivity contribution in [3.8, 4) is 11.5 Å². The first-order valence-electron chi connectivity index (χ1n) is 10.8. The van der Waals surface area contributed by atoms with Crippen LogP contribution in [0.25, 0.3) is 21.5 Å². The van der Waals surface area contributed by atoms with Gasteiger partial charge in [-0.3, -0.25) is 9.69 Å². The molecule has 1 aromatic carbocycles. The summed E-state index contributed by atoms with van der Waals surface area (Å²) in [5, 5.41) is 10.5. The minimum Gasteiger partial charge on any atom is -0.334 e. The second-order valence-corrected chi connectivity index (χ2v) is 9.19. The van der Waals surface area contributed by atoms with Crippen LogP contribution in [0.1, 0.15) is 40.2 Å². The van der Waals surface area contributed by atoms with E-state index in [4.69, 9.17) is 9.51 Å². The summed E-state index contributed by atoms with van der Waals surface area (Å²) in [6, 6.07) is 7.72. The fourth-order valence-corrected chi connectivity index (χ4v) is 5.30. The largest absolute Gasteiger partial charge is 0.334 e. The highest BCUT2D eigenvalue weighted by Gasteiger charge is 2.31. The van der Waals surface area contributed by atoms with Crippen LogP contribution < -0.4 is 10.2 Å². The molecule has 0 saturated carbocycles. The molecular weight excluding hydrogens is 422 g/mol. The summed E-state index contributed by atoms with van der Waals surface area (Å²) in [5.74, 6) is 1.75. The van der Waals surface area contributed by atoms with Gasteiger partial charge in [-0.15, -0.1) is 11.3 Å². The van der Waals surface area contributed by atoms with Gasteiger partial charge in [0, 0.05) is 34.0 Å². The van der Waals surface area contributed by atoms with E-state index in [0.717, 1.165) is 58.5 Å². The van der Waals surface area contributed by atoms with Gasteiger partial charge < -0.3 is 9.84 Å². The van der Waals surface area contributed by atoms with E-state index in [0.29, 0.717) is 17.3 Å². The Labute approximate surface area is 190 Å². The molecule has 0 spiro atoms. The Morgan fingerprint density at radius 2 is 2.09 bits per heavy atom. The summed E-state index contributed by atoms with van der Waals surface area (Å²) < 4.78 is 6.44.